The Balaban J connectivity index is 1.73. The van der Waals surface area contributed by atoms with Crippen molar-refractivity contribution >= 4 is 17.5 Å². The van der Waals surface area contributed by atoms with Crippen LogP contribution in [0.4, 0.5) is 5.69 Å². The highest BCUT2D eigenvalue weighted by Crippen LogP contribution is 2.57. The van der Waals surface area contributed by atoms with Gasteiger partial charge in [-0.1, -0.05) is 29.8 Å². The number of carbonyl (C=O) groups excluding carboxylic acids is 2. The standard InChI is InChI=1S/C17H17NO2/c1-11-2-6-14(7-3-11)18-15(19)10-17(16(18)20)9-12-4-5-13(17)8-12/h2-7,12-13H,8-10H2,1H3/t12-,13-,17+/m1/s1. The summed E-state index contributed by atoms with van der Waals surface area (Å²) in [5.74, 6) is 0.733. The van der Waals surface area contributed by atoms with Crippen LogP contribution in [0.3, 0.4) is 0 Å². The van der Waals surface area contributed by atoms with Crippen LogP contribution in [-0.4, -0.2) is 11.8 Å². The van der Waals surface area contributed by atoms with Crippen LogP contribution >= 0.6 is 0 Å². The van der Waals surface area contributed by atoms with Crippen LogP contribution in [0.15, 0.2) is 36.4 Å². The van der Waals surface area contributed by atoms with Crippen molar-refractivity contribution in [2.24, 2.45) is 17.3 Å². The normalized spacial score (nSPS) is 34.8. The fraction of sp³-hybridized carbons (Fsp3) is 0.412. The molecule has 1 aliphatic heterocycles. The number of imide groups is 1. The minimum atomic E-state index is -0.443. The monoisotopic (exact) mass is 267 g/mol. The van der Waals surface area contributed by atoms with Gasteiger partial charge >= 0.3 is 0 Å². The van der Waals surface area contributed by atoms with Crippen LogP contribution in [0.25, 0.3) is 0 Å². The highest BCUT2D eigenvalue weighted by atomic mass is 16.2. The van der Waals surface area contributed by atoms with Crippen molar-refractivity contribution in [2.45, 2.75) is 26.2 Å². The average Bonchev–Trinajstić information content (AvgIpc) is 3.07. The number of hydrogen-bond acceptors (Lipinski definition) is 2. The second kappa shape index (κ2) is 3.81. The molecule has 3 heteroatoms. The minimum absolute atomic E-state index is 0.0169. The molecular formula is C17H17NO2. The zero-order valence-corrected chi connectivity index (χ0v) is 11.5. The summed E-state index contributed by atoms with van der Waals surface area (Å²) in [5.41, 5.74) is 1.40. The zero-order chi connectivity index (χ0) is 13.9. The third kappa shape index (κ3) is 1.41. The number of benzene rings is 1. The lowest BCUT2D eigenvalue weighted by molar-refractivity contribution is -0.126. The van der Waals surface area contributed by atoms with E-state index in [2.05, 4.69) is 12.2 Å². The molecule has 0 N–H and O–H groups in total. The molecule has 1 aromatic carbocycles. The number of amides is 2. The van der Waals surface area contributed by atoms with E-state index in [4.69, 9.17) is 0 Å². The van der Waals surface area contributed by atoms with Gasteiger partial charge < -0.3 is 0 Å². The molecule has 2 bridgehead atoms. The van der Waals surface area contributed by atoms with Gasteiger partial charge in [-0.15, -0.1) is 0 Å². The first-order valence-electron chi connectivity index (χ1n) is 7.22. The third-order valence-corrected chi connectivity index (χ3v) is 5.15. The fourth-order valence-electron chi connectivity index (χ4n) is 4.12. The van der Waals surface area contributed by atoms with Gasteiger partial charge in [-0.25, -0.2) is 0 Å². The van der Waals surface area contributed by atoms with E-state index < -0.39 is 5.41 Å². The average molecular weight is 267 g/mol. The number of allylic oxidation sites excluding steroid dienone is 2. The number of aryl methyl sites for hydroxylation is 1. The highest BCUT2D eigenvalue weighted by molar-refractivity contribution is 6.23. The Morgan fingerprint density at radius 1 is 1.15 bits per heavy atom. The SMILES string of the molecule is Cc1ccc(N2C(=O)C[C@]3(C[C@@H]4C=C[C@@H]3C4)C2=O)cc1. The summed E-state index contributed by atoms with van der Waals surface area (Å²) in [4.78, 5) is 26.7. The van der Waals surface area contributed by atoms with E-state index in [0.717, 1.165) is 18.4 Å². The van der Waals surface area contributed by atoms with E-state index in [9.17, 15) is 9.59 Å². The van der Waals surface area contributed by atoms with E-state index in [1.54, 1.807) is 0 Å². The van der Waals surface area contributed by atoms with Gasteiger partial charge in [-0.3, -0.25) is 14.5 Å². The van der Waals surface area contributed by atoms with Crippen molar-refractivity contribution in [3.8, 4) is 0 Å². The van der Waals surface area contributed by atoms with Crippen molar-refractivity contribution in [3.63, 3.8) is 0 Å². The van der Waals surface area contributed by atoms with Crippen LogP contribution < -0.4 is 4.90 Å². The van der Waals surface area contributed by atoms with Gasteiger partial charge in [-0.2, -0.15) is 0 Å². The predicted molar refractivity (Wildman–Crippen MR) is 76.1 cm³/mol. The summed E-state index contributed by atoms with van der Waals surface area (Å²) in [5, 5.41) is 0. The second-order valence-corrected chi connectivity index (χ2v) is 6.39. The summed E-state index contributed by atoms with van der Waals surface area (Å²) in [7, 11) is 0. The molecule has 102 valence electrons. The molecular weight excluding hydrogens is 250 g/mol. The smallest absolute Gasteiger partial charge is 0.241 e. The van der Waals surface area contributed by atoms with Gasteiger partial charge in [0, 0.05) is 6.42 Å². The van der Waals surface area contributed by atoms with Crippen molar-refractivity contribution in [1.82, 2.24) is 0 Å². The van der Waals surface area contributed by atoms with Crippen molar-refractivity contribution < 1.29 is 9.59 Å². The highest BCUT2D eigenvalue weighted by Gasteiger charge is 2.60. The van der Waals surface area contributed by atoms with E-state index >= 15 is 0 Å². The molecule has 0 radical (unpaired) electrons. The number of fused-ring (bicyclic) bond motifs is 3. The van der Waals surface area contributed by atoms with Gasteiger partial charge in [0.05, 0.1) is 11.1 Å². The van der Waals surface area contributed by atoms with Crippen LogP contribution in [0.1, 0.15) is 24.8 Å². The van der Waals surface area contributed by atoms with E-state index in [1.807, 2.05) is 31.2 Å². The molecule has 0 aromatic heterocycles. The maximum atomic E-state index is 12.9. The molecule has 2 fully saturated rings. The third-order valence-electron chi connectivity index (χ3n) is 5.15. The summed E-state index contributed by atoms with van der Waals surface area (Å²) in [6.45, 7) is 2.00. The first kappa shape index (κ1) is 11.9. The largest absolute Gasteiger partial charge is 0.274 e. The van der Waals surface area contributed by atoms with Gasteiger partial charge in [0.1, 0.15) is 0 Å². The predicted octanol–water partition coefficient (Wildman–Crippen LogP) is 2.84. The maximum Gasteiger partial charge on any atom is 0.241 e. The number of rotatable bonds is 1. The zero-order valence-electron chi connectivity index (χ0n) is 11.5. The number of carbonyl (C=O) groups is 2. The van der Waals surface area contributed by atoms with Gasteiger partial charge in [0.25, 0.3) is 0 Å². The molecule has 1 aromatic rings. The Morgan fingerprint density at radius 2 is 1.90 bits per heavy atom. The molecule has 2 aliphatic carbocycles. The summed E-state index contributed by atoms with van der Waals surface area (Å²) < 4.78 is 0. The van der Waals surface area contributed by atoms with Gasteiger partial charge in [0.2, 0.25) is 11.8 Å². The van der Waals surface area contributed by atoms with Gasteiger partial charge in [0.15, 0.2) is 0 Å². The van der Waals surface area contributed by atoms with E-state index in [0.29, 0.717) is 18.0 Å². The molecule has 1 spiro atoms. The maximum absolute atomic E-state index is 12.9. The molecule has 1 heterocycles. The molecule has 3 nitrogen and oxygen atoms in total. The molecule has 2 amide bonds. The van der Waals surface area contributed by atoms with Crippen LogP contribution in [0.5, 0.6) is 0 Å². The Morgan fingerprint density at radius 3 is 2.50 bits per heavy atom. The molecule has 4 rings (SSSR count). The lowest BCUT2D eigenvalue weighted by Gasteiger charge is -2.28. The molecule has 20 heavy (non-hydrogen) atoms. The quantitative estimate of drug-likeness (QED) is 0.579. The number of anilines is 1. The van der Waals surface area contributed by atoms with Crippen LogP contribution in [-0.2, 0) is 9.59 Å². The summed E-state index contributed by atoms with van der Waals surface area (Å²) in [6.07, 6.45) is 6.63. The molecule has 1 saturated carbocycles. The summed E-state index contributed by atoms with van der Waals surface area (Å²) >= 11 is 0. The number of nitrogens with zero attached hydrogens (tertiary/aromatic N) is 1. The summed E-state index contributed by atoms with van der Waals surface area (Å²) in [6, 6.07) is 7.63. The first-order chi connectivity index (χ1) is 9.60. The van der Waals surface area contributed by atoms with Crippen LogP contribution in [0, 0.1) is 24.2 Å². The van der Waals surface area contributed by atoms with Crippen molar-refractivity contribution in [1.29, 1.82) is 0 Å². The molecule has 3 aliphatic rings. The lowest BCUT2D eigenvalue weighted by Crippen LogP contribution is -2.38. The molecule has 1 saturated heterocycles. The van der Waals surface area contributed by atoms with E-state index in [1.165, 1.54) is 4.90 Å². The van der Waals surface area contributed by atoms with Crippen molar-refractivity contribution in [2.75, 3.05) is 4.90 Å². The van der Waals surface area contributed by atoms with Gasteiger partial charge in [-0.05, 0) is 43.7 Å². The first-order valence-corrected chi connectivity index (χ1v) is 7.22. The molecule has 0 unspecified atom stereocenters. The Labute approximate surface area is 118 Å². The topological polar surface area (TPSA) is 37.4 Å². The van der Waals surface area contributed by atoms with Crippen molar-refractivity contribution in [3.05, 3.63) is 42.0 Å². The minimum Gasteiger partial charge on any atom is -0.274 e. The Hall–Kier alpha value is -1.90. The molecule has 3 atom stereocenters. The lowest BCUT2D eigenvalue weighted by atomic mass is 9.74. The second-order valence-electron chi connectivity index (χ2n) is 6.39. The van der Waals surface area contributed by atoms with E-state index in [-0.39, 0.29) is 17.7 Å². The van der Waals surface area contributed by atoms with Crippen LogP contribution in [0.2, 0.25) is 0 Å². The number of hydrogen-bond donors (Lipinski definition) is 0. The fourth-order valence-corrected chi connectivity index (χ4v) is 4.12. The Kier molecular flexibility index (Phi) is 2.27. The Bertz CT molecular complexity index is 631.